The highest BCUT2D eigenvalue weighted by Crippen LogP contribution is 2.12. The van der Waals surface area contributed by atoms with Gasteiger partial charge in [0.2, 0.25) is 5.76 Å². The van der Waals surface area contributed by atoms with E-state index in [0.29, 0.717) is 0 Å². The highest BCUT2D eigenvalue weighted by Gasteiger charge is 2.21. The molecular weight excluding hydrogens is 264 g/mol. The highest BCUT2D eigenvalue weighted by molar-refractivity contribution is 7.91. The molecule has 0 aliphatic rings. The Hall–Kier alpha value is -1.83. The van der Waals surface area contributed by atoms with Gasteiger partial charge in [-0.25, -0.2) is 13.2 Å². The summed E-state index contributed by atoms with van der Waals surface area (Å²) < 4.78 is 32.4. The SMILES string of the molecule is CCOC(=O)CS(=O)(=O)Cc1ccc(C(=O)O)o1. The molecule has 0 spiro atoms. The minimum absolute atomic E-state index is 0.0308. The van der Waals surface area contributed by atoms with Crippen LogP contribution in [0.2, 0.25) is 0 Å². The number of hydrogen-bond acceptors (Lipinski definition) is 6. The lowest BCUT2D eigenvalue weighted by Gasteiger charge is -2.02. The maximum atomic E-state index is 11.6. The van der Waals surface area contributed by atoms with Crippen molar-refractivity contribution in [1.82, 2.24) is 0 Å². The van der Waals surface area contributed by atoms with Gasteiger partial charge >= 0.3 is 11.9 Å². The van der Waals surface area contributed by atoms with Crippen LogP contribution in [0.25, 0.3) is 0 Å². The third-order valence-corrected chi connectivity index (χ3v) is 3.28. The molecule has 0 bridgehead atoms. The molecule has 0 aliphatic carbocycles. The second-order valence-corrected chi connectivity index (χ2v) is 5.47. The summed E-state index contributed by atoms with van der Waals surface area (Å²) in [5.74, 6) is -3.82. The summed E-state index contributed by atoms with van der Waals surface area (Å²) in [5, 5.41) is 8.59. The molecule has 1 aromatic heterocycles. The Bertz CT molecular complexity index is 540. The smallest absolute Gasteiger partial charge is 0.371 e. The average Bonchev–Trinajstić information content (AvgIpc) is 2.64. The minimum Gasteiger partial charge on any atom is -0.475 e. The molecule has 0 saturated heterocycles. The molecule has 18 heavy (non-hydrogen) atoms. The van der Waals surface area contributed by atoms with Gasteiger partial charge in [0.1, 0.15) is 17.3 Å². The zero-order chi connectivity index (χ0) is 13.8. The van der Waals surface area contributed by atoms with Crippen molar-refractivity contribution in [3.8, 4) is 0 Å². The molecule has 0 saturated carbocycles. The lowest BCUT2D eigenvalue weighted by Crippen LogP contribution is -2.19. The second kappa shape index (κ2) is 5.67. The molecule has 1 N–H and O–H groups in total. The summed E-state index contributed by atoms with van der Waals surface area (Å²) in [6.07, 6.45) is 0. The van der Waals surface area contributed by atoms with Gasteiger partial charge in [-0.05, 0) is 19.1 Å². The lowest BCUT2D eigenvalue weighted by molar-refractivity contribution is -0.139. The van der Waals surface area contributed by atoms with E-state index in [4.69, 9.17) is 9.52 Å². The predicted octanol–water partition coefficient (Wildman–Crippen LogP) is 0.456. The van der Waals surface area contributed by atoms with E-state index in [1.807, 2.05) is 0 Å². The van der Waals surface area contributed by atoms with Gasteiger partial charge in [0.05, 0.1) is 6.61 Å². The van der Waals surface area contributed by atoms with Gasteiger partial charge in [0.25, 0.3) is 0 Å². The molecule has 1 aromatic rings. The van der Waals surface area contributed by atoms with E-state index in [0.717, 1.165) is 6.07 Å². The van der Waals surface area contributed by atoms with E-state index in [1.165, 1.54) is 6.07 Å². The Morgan fingerprint density at radius 2 is 2.06 bits per heavy atom. The van der Waals surface area contributed by atoms with Crippen LogP contribution in [-0.2, 0) is 25.1 Å². The molecule has 1 heterocycles. The summed E-state index contributed by atoms with van der Waals surface area (Å²) in [7, 11) is -3.73. The van der Waals surface area contributed by atoms with Crippen LogP contribution < -0.4 is 0 Å². The Morgan fingerprint density at radius 1 is 1.39 bits per heavy atom. The molecule has 0 unspecified atom stereocenters. The van der Waals surface area contributed by atoms with Gasteiger partial charge in [-0.3, -0.25) is 4.79 Å². The van der Waals surface area contributed by atoms with Crippen molar-refractivity contribution < 1.29 is 32.3 Å². The van der Waals surface area contributed by atoms with E-state index in [9.17, 15) is 18.0 Å². The Morgan fingerprint density at radius 3 is 2.56 bits per heavy atom. The number of hydrogen-bond donors (Lipinski definition) is 1. The third-order valence-electron chi connectivity index (χ3n) is 1.88. The van der Waals surface area contributed by atoms with Gasteiger partial charge in [0.15, 0.2) is 9.84 Å². The first kappa shape index (κ1) is 14.2. The molecule has 100 valence electrons. The molecule has 0 amide bonds. The molecule has 1 rings (SSSR count). The van der Waals surface area contributed by atoms with Crippen molar-refractivity contribution in [2.24, 2.45) is 0 Å². The first-order valence-corrected chi connectivity index (χ1v) is 6.84. The standard InChI is InChI=1S/C10H12O7S/c1-2-16-9(11)6-18(14,15)5-7-3-4-8(17-7)10(12)13/h3-4H,2,5-6H2,1H3,(H,12,13). The topological polar surface area (TPSA) is 111 Å². The fraction of sp³-hybridized carbons (Fsp3) is 0.400. The van der Waals surface area contributed by atoms with Gasteiger partial charge in [-0.15, -0.1) is 0 Å². The molecule has 0 radical (unpaired) electrons. The van der Waals surface area contributed by atoms with Crippen LogP contribution >= 0.6 is 0 Å². The number of carboxylic acid groups (broad SMARTS) is 1. The lowest BCUT2D eigenvalue weighted by atomic mass is 10.4. The van der Waals surface area contributed by atoms with Crippen LogP contribution in [0.15, 0.2) is 16.5 Å². The normalized spacial score (nSPS) is 11.2. The van der Waals surface area contributed by atoms with E-state index in [-0.39, 0.29) is 18.1 Å². The van der Waals surface area contributed by atoms with Crippen LogP contribution in [0.4, 0.5) is 0 Å². The largest absolute Gasteiger partial charge is 0.475 e. The fourth-order valence-electron chi connectivity index (χ4n) is 1.22. The average molecular weight is 276 g/mol. The summed E-state index contributed by atoms with van der Waals surface area (Å²) in [6, 6.07) is 2.39. The molecule has 0 atom stereocenters. The van der Waals surface area contributed by atoms with Gasteiger partial charge in [-0.2, -0.15) is 0 Å². The van der Waals surface area contributed by atoms with Crippen LogP contribution in [0, 0.1) is 0 Å². The summed E-state index contributed by atoms with van der Waals surface area (Å²) >= 11 is 0. The highest BCUT2D eigenvalue weighted by atomic mass is 32.2. The number of ether oxygens (including phenoxy) is 1. The van der Waals surface area contributed by atoms with Crippen molar-refractivity contribution in [2.75, 3.05) is 12.4 Å². The Labute approximate surface area is 103 Å². The number of carbonyl (C=O) groups is 2. The molecule has 0 aliphatic heterocycles. The summed E-state index contributed by atoms with van der Waals surface area (Å²) in [6.45, 7) is 1.66. The van der Waals surface area contributed by atoms with Crippen molar-refractivity contribution in [1.29, 1.82) is 0 Å². The first-order chi connectivity index (χ1) is 8.34. The van der Waals surface area contributed by atoms with E-state index in [2.05, 4.69) is 4.74 Å². The summed E-state index contributed by atoms with van der Waals surface area (Å²) in [5.41, 5.74) is 0. The van der Waals surface area contributed by atoms with Crippen molar-refractivity contribution in [2.45, 2.75) is 12.7 Å². The second-order valence-electron chi connectivity index (χ2n) is 3.41. The number of furan rings is 1. The van der Waals surface area contributed by atoms with Crippen LogP contribution in [0.3, 0.4) is 0 Å². The zero-order valence-electron chi connectivity index (χ0n) is 9.58. The molecule has 0 aromatic carbocycles. The predicted molar refractivity (Wildman–Crippen MR) is 59.8 cm³/mol. The maximum absolute atomic E-state index is 11.6. The molecular formula is C10H12O7S. The van der Waals surface area contributed by atoms with Gasteiger partial charge in [0, 0.05) is 0 Å². The molecule has 8 heteroatoms. The Balaban J connectivity index is 2.70. The van der Waals surface area contributed by atoms with E-state index >= 15 is 0 Å². The minimum atomic E-state index is -3.73. The molecule has 7 nitrogen and oxygen atoms in total. The van der Waals surface area contributed by atoms with Gasteiger partial charge < -0.3 is 14.3 Å². The van der Waals surface area contributed by atoms with E-state index < -0.39 is 33.3 Å². The molecule has 0 fully saturated rings. The number of carbonyl (C=O) groups excluding carboxylic acids is 1. The number of rotatable bonds is 6. The number of aromatic carboxylic acids is 1. The van der Waals surface area contributed by atoms with Crippen molar-refractivity contribution in [3.63, 3.8) is 0 Å². The van der Waals surface area contributed by atoms with Crippen LogP contribution in [-0.4, -0.2) is 37.8 Å². The number of esters is 1. The third kappa shape index (κ3) is 4.21. The number of carboxylic acids is 1. The number of sulfone groups is 1. The zero-order valence-corrected chi connectivity index (χ0v) is 10.4. The van der Waals surface area contributed by atoms with E-state index in [1.54, 1.807) is 6.92 Å². The first-order valence-electron chi connectivity index (χ1n) is 5.02. The monoisotopic (exact) mass is 276 g/mol. The van der Waals surface area contributed by atoms with Crippen molar-refractivity contribution in [3.05, 3.63) is 23.7 Å². The summed E-state index contributed by atoms with van der Waals surface area (Å²) in [4.78, 5) is 21.6. The fourth-order valence-corrected chi connectivity index (χ4v) is 2.35. The maximum Gasteiger partial charge on any atom is 0.371 e. The van der Waals surface area contributed by atoms with Crippen molar-refractivity contribution >= 4 is 21.8 Å². The Kier molecular flexibility index (Phi) is 4.49. The van der Waals surface area contributed by atoms with Gasteiger partial charge in [-0.1, -0.05) is 0 Å². The van der Waals surface area contributed by atoms with Crippen LogP contribution in [0.1, 0.15) is 23.2 Å². The van der Waals surface area contributed by atoms with Crippen LogP contribution in [0.5, 0.6) is 0 Å². The quantitative estimate of drug-likeness (QED) is 0.751.